The van der Waals surface area contributed by atoms with E-state index in [1.54, 1.807) is 12.1 Å². The first-order valence-corrected chi connectivity index (χ1v) is 11.1. The number of amides is 2. The van der Waals surface area contributed by atoms with E-state index in [-0.39, 0.29) is 6.61 Å². The largest absolute Gasteiger partial charge is 0.449 e. The fraction of sp³-hybridized carbons (Fsp3) is 0.333. The molecule has 29 heavy (non-hydrogen) atoms. The molecule has 2 rings (SSSR count). The number of carbonyl (C=O) groups is 2. The zero-order valence-corrected chi connectivity index (χ0v) is 17.6. The van der Waals surface area contributed by atoms with E-state index < -0.39 is 22.0 Å². The lowest BCUT2D eigenvalue weighted by Crippen LogP contribution is -2.30. The van der Waals surface area contributed by atoms with Gasteiger partial charge in [-0.25, -0.2) is 17.9 Å². The van der Waals surface area contributed by atoms with Crippen molar-refractivity contribution < 1.29 is 22.7 Å². The fourth-order valence-electron chi connectivity index (χ4n) is 2.96. The average molecular weight is 419 g/mol. The fourth-order valence-corrected chi connectivity index (χ4v) is 3.41. The molecule has 0 aromatic heterocycles. The van der Waals surface area contributed by atoms with Crippen LogP contribution in [0, 0.1) is 5.92 Å². The number of nitrogens with one attached hydrogen (secondary N) is 1. The van der Waals surface area contributed by atoms with Crippen LogP contribution in [-0.2, 0) is 27.6 Å². The lowest BCUT2D eigenvalue weighted by atomic mass is 9.93. The zero-order chi connectivity index (χ0) is 21.6. The van der Waals surface area contributed by atoms with E-state index >= 15 is 0 Å². The summed E-state index contributed by atoms with van der Waals surface area (Å²) in [6.45, 7) is 4.29. The third kappa shape index (κ3) is 7.23. The molecule has 0 atom stereocenters. The average Bonchev–Trinajstić information content (AvgIpc) is 2.60. The van der Waals surface area contributed by atoms with Crippen molar-refractivity contribution >= 4 is 22.0 Å². The number of sulfonamides is 1. The highest BCUT2D eigenvalue weighted by atomic mass is 32.2. The summed E-state index contributed by atoms with van der Waals surface area (Å²) in [5.74, 6) is -0.331. The lowest BCUT2D eigenvalue weighted by molar-refractivity contribution is 0.0980. The van der Waals surface area contributed by atoms with Gasteiger partial charge in [-0.1, -0.05) is 50.2 Å². The van der Waals surface area contributed by atoms with E-state index in [4.69, 9.17) is 10.5 Å². The molecule has 0 aliphatic carbocycles. The molecule has 0 unspecified atom stereocenters. The van der Waals surface area contributed by atoms with Gasteiger partial charge in [0.15, 0.2) is 0 Å². The van der Waals surface area contributed by atoms with Gasteiger partial charge in [-0.3, -0.25) is 4.79 Å². The quantitative estimate of drug-likeness (QED) is 0.684. The normalized spacial score (nSPS) is 11.3. The minimum atomic E-state index is -3.64. The standard InChI is InChI=1S/C21H26N2O5S/c1-14(2)12-18-13-17(8-9-19(18)20(24)23-29(3,26)27)16-6-4-15(5-7-16)10-11-28-21(22)25/h4-9,13-14H,10-12H2,1-3H3,(H2,22,25)(H,23,24). The summed E-state index contributed by atoms with van der Waals surface area (Å²) in [7, 11) is -3.64. The molecule has 3 N–H and O–H groups in total. The number of ether oxygens (including phenoxy) is 1. The minimum Gasteiger partial charge on any atom is -0.449 e. The number of hydrogen-bond acceptors (Lipinski definition) is 5. The van der Waals surface area contributed by atoms with Crippen molar-refractivity contribution in [2.75, 3.05) is 12.9 Å². The topological polar surface area (TPSA) is 116 Å². The molecule has 0 heterocycles. The number of carbonyl (C=O) groups excluding carboxylic acids is 2. The first-order chi connectivity index (χ1) is 13.5. The molecule has 0 fully saturated rings. The molecule has 0 saturated carbocycles. The summed E-state index contributed by atoms with van der Waals surface area (Å²) in [5, 5.41) is 0. The Morgan fingerprint density at radius 1 is 1.07 bits per heavy atom. The third-order valence-electron chi connectivity index (χ3n) is 4.18. The van der Waals surface area contributed by atoms with E-state index in [2.05, 4.69) is 0 Å². The van der Waals surface area contributed by atoms with E-state index in [0.717, 1.165) is 28.5 Å². The van der Waals surface area contributed by atoms with Gasteiger partial charge in [-0.05, 0) is 40.7 Å². The number of primary amides is 1. The van der Waals surface area contributed by atoms with Crippen LogP contribution in [0.2, 0.25) is 0 Å². The monoisotopic (exact) mass is 418 g/mol. The Bertz CT molecular complexity index is 983. The Morgan fingerprint density at radius 3 is 2.24 bits per heavy atom. The lowest BCUT2D eigenvalue weighted by Gasteiger charge is -2.14. The van der Waals surface area contributed by atoms with Crippen LogP contribution in [-0.4, -0.2) is 33.3 Å². The Balaban J connectivity index is 2.27. The highest BCUT2D eigenvalue weighted by molar-refractivity contribution is 7.89. The Hall–Kier alpha value is -2.87. The number of hydrogen-bond donors (Lipinski definition) is 2. The maximum atomic E-state index is 12.4. The summed E-state index contributed by atoms with van der Waals surface area (Å²) in [5.41, 5.74) is 8.98. The second-order valence-corrected chi connectivity index (χ2v) is 9.04. The predicted octanol–water partition coefficient (Wildman–Crippen LogP) is 2.88. The van der Waals surface area contributed by atoms with Crippen LogP contribution in [0.15, 0.2) is 42.5 Å². The summed E-state index contributed by atoms with van der Waals surface area (Å²) in [4.78, 5) is 23.0. The Morgan fingerprint density at radius 2 is 1.69 bits per heavy atom. The van der Waals surface area contributed by atoms with Gasteiger partial charge in [0.2, 0.25) is 10.0 Å². The maximum Gasteiger partial charge on any atom is 0.404 e. The molecule has 0 spiro atoms. The van der Waals surface area contributed by atoms with E-state index in [1.807, 2.05) is 48.9 Å². The molecule has 0 aliphatic heterocycles. The predicted molar refractivity (Wildman–Crippen MR) is 112 cm³/mol. The molecule has 2 aromatic rings. The number of nitrogens with two attached hydrogens (primary N) is 1. The molecule has 0 aliphatic rings. The van der Waals surface area contributed by atoms with Crippen molar-refractivity contribution in [1.82, 2.24) is 4.72 Å². The van der Waals surface area contributed by atoms with Crippen molar-refractivity contribution in [1.29, 1.82) is 0 Å². The summed E-state index contributed by atoms with van der Waals surface area (Å²) in [6.07, 6.45) is 1.37. The molecule has 0 radical (unpaired) electrons. The van der Waals surface area contributed by atoms with Crippen LogP contribution < -0.4 is 10.5 Å². The molecule has 0 bridgehead atoms. The van der Waals surface area contributed by atoms with E-state index in [0.29, 0.717) is 24.3 Å². The summed E-state index contributed by atoms with van der Waals surface area (Å²) in [6, 6.07) is 13.1. The van der Waals surface area contributed by atoms with Crippen molar-refractivity contribution in [2.45, 2.75) is 26.7 Å². The summed E-state index contributed by atoms with van der Waals surface area (Å²) < 4.78 is 29.6. The van der Waals surface area contributed by atoms with Gasteiger partial charge in [0, 0.05) is 12.0 Å². The van der Waals surface area contributed by atoms with Crippen molar-refractivity contribution in [3.05, 3.63) is 59.2 Å². The number of benzene rings is 2. The van der Waals surface area contributed by atoms with Crippen LogP contribution in [0.4, 0.5) is 4.79 Å². The molecular weight excluding hydrogens is 392 g/mol. The summed E-state index contributed by atoms with van der Waals surface area (Å²) >= 11 is 0. The molecule has 0 saturated heterocycles. The molecule has 8 heteroatoms. The minimum absolute atomic E-state index is 0.220. The van der Waals surface area contributed by atoms with Crippen LogP contribution in [0.5, 0.6) is 0 Å². The van der Waals surface area contributed by atoms with E-state index in [9.17, 15) is 18.0 Å². The highest BCUT2D eigenvalue weighted by Gasteiger charge is 2.17. The maximum absolute atomic E-state index is 12.4. The molecule has 2 aromatic carbocycles. The van der Waals surface area contributed by atoms with Gasteiger partial charge in [0.05, 0.1) is 12.9 Å². The molecule has 7 nitrogen and oxygen atoms in total. The number of rotatable bonds is 8. The van der Waals surface area contributed by atoms with Crippen LogP contribution in [0.1, 0.15) is 35.3 Å². The van der Waals surface area contributed by atoms with Gasteiger partial charge < -0.3 is 10.5 Å². The third-order valence-corrected chi connectivity index (χ3v) is 4.73. The van der Waals surface area contributed by atoms with E-state index in [1.165, 1.54) is 0 Å². The second-order valence-electron chi connectivity index (χ2n) is 7.29. The Labute approximate surface area is 171 Å². The van der Waals surface area contributed by atoms with Crippen LogP contribution in [0.3, 0.4) is 0 Å². The van der Waals surface area contributed by atoms with Crippen LogP contribution in [0.25, 0.3) is 11.1 Å². The molecule has 156 valence electrons. The van der Waals surface area contributed by atoms with Gasteiger partial charge in [-0.15, -0.1) is 0 Å². The molecule has 2 amide bonds. The first kappa shape index (κ1) is 22.4. The van der Waals surface area contributed by atoms with Gasteiger partial charge in [0.1, 0.15) is 0 Å². The second kappa shape index (κ2) is 9.56. The van der Waals surface area contributed by atoms with Crippen molar-refractivity contribution in [3.63, 3.8) is 0 Å². The highest BCUT2D eigenvalue weighted by Crippen LogP contribution is 2.25. The van der Waals surface area contributed by atoms with Gasteiger partial charge in [-0.2, -0.15) is 0 Å². The molecular formula is C21H26N2O5S. The smallest absolute Gasteiger partial charge is 0.404 e. The Kier molecular flexibility index (Phi) is 7.39. The first-order valence-electron chi connectivity index (χ1n) is 9.21. The zero-order valence-electron chi connectivity index (χ0n) is 16.8. The van der Waals surface area contributed by atoms with Gasteiger partial charge in [0.25, 0.3) is 5.91 Å². The van der Waals surface area contributed by atoms with Crippen molar-refractivity contribution in [3.8, 4) is 11.1 Å². The van der Waals surface area contributed by atoms with Gasteiger partial charge >= 0.3 is 6.09 Å². The van der Waals surface area contributed by atoms with Crippen LogP contribution >= 0.6 is 0 Å². The van der Waals surface area contributed by atoms with Crippen molar-refractivity contribution in [2.24, 2.45) is 11.7 Å². The SMILES string of the molecule is CC(C)Cc1cc(-c2ccc(CCOC(N)=O)cc2)ccc1C(=O)NS(C)(=O)=O.